The van der Waals surface area contributed by atoms with Gasteiger partial charge in [-0.25, -0.2) is 4.99 Å². The van der Waals surface area contributed by atoms with Crippen molar-refractivity contribution in [3.05, 3.63) is 82.1 Å². The third-order valence-corrected chi connectivity index (χ3v) is 6.14. The molecule has 1 aliphatic heterocycles. The molecule has 2 aromatic carbocycles. The fourth-order valence-electron chi connectivity index (χ4n) is 3.42. The van der Waals surface area contributed by atoms with E-state index in [0.717, 1.165) is 21.9 Å². The third kappa shape index (κ3) is 4.14. The van der Waals surface area contributed by atoms with Crippen LogP contribution in [-0.2, 0) is 0 Å². The van der Waals surface area contributed by atoms with Crippen LogP contribution in [0.3, 0.4) is 0 Å². The van der Waals surface area contributed by atoms with Crippen LogP contribution < -0.4 is 9.47 Å². The molecule has 1 amide bonds. The molecule has 0 N–H and O–H groups in total. The number of benzene rings is 2. The Morgan fingerprint density at radius 2 is 2.06 bits per heavy atom. The fourth-order valence-corrected chi connectivity index (χ4v) is 4.63. The summed E-state index contributed by atoms with van der Waals surface area (Å²) in [6.07, 6.45) is 2.17. The molecule has 2 heterocycles. The van der Waals surface area contributed by atoms with Gasteiger partial charge in [0.1, 0.15) is 5.76 Å². The average molecular weight is 434 g/mol. The van der Waals surface area contributed by atoms with Gasteiger partial charge in [-0.15, -0.1) is 11.8 Å². The van der Waals surface area contributed by atoms with E-state index in [1.165, 1.54) is 14.2 Å². The van der Waals surface area contributed by atoms with Crippen LogP contribution in [0.1, 0.15) is 33.4 Å². The fraction of sp³-hybridized carbons (Fsp3) is 0.182. The Bertz CT molecular complexity index is 1200. The second-order valence-corrected chi connectivity index (χ2v) is 7.86. The van der Waals surface area contributed by atoms with Gasteiger partial charge in [-0.05, 0) is 52.6 Å². The van der Waals surface area contributed by atoms with Crippen molar-refractivity contribution in [2.75, 3.05) is 14.2 Å². The maximum absolute atomic E-state index is 12.4. The first kappa shape index (κ1) is 20.6. The summed E-state index contributed by atoms with van der Waals surface area (Å²) in [4.78, 5) is 20.9. The molecule has 0 fully saturated rings. The standard InChI is InChI=1S/C22H18N4O4S/c1-28-18-11-13(10-14(21(18)29-2)22(27)25-26-23)20-12-16(17-7-5-9-30-17)24-15-6-3-4-8-19(15)31-20/h3-11,20H,12H2,1-2H3. The van der Waals surface area contributed by atoms with Crippen LogP contribution in [-0.4, -0.2) is 25.8 Å². The van der Waals surface area contributed by atoms with E-state index < -0.39 is 5.91 Å². The molecule has 1 aromatic heterocycles. The van der Waals surface area contributed by atoms with E-state index in [2.05, 4.69) is 10.0 Å². The number of carbonyl (C=O) groups excluding carboxylic acids is 1. The lowest BCUT2D eigenvalue weighted by molar-refractivity contribution is 0.0996. The lowest BCUT2D eigenvalue weighted by atomic mass is 10.0. The van der Waals surface area contributed by atoms with Crippen LogP contribution in [0.15, 0.2) is 74.2 Å². The molecule has 9 heteroatoms. The average Bonchev–Trinajstić information content (AvgIpc) is 3.26. The van der Waals surface area contributed by atoms with Crippen LogP contribution in [0.2, 0.25) is 0 Å². The molecule has 31 heavy (non-hydrogen) atoms. The number of hydrogen-bond donors (Lipinski definition) is 0. The Morgan fingerprint density at radius 3 is 2.77 bits per heavy atom. The maximum atomic E-state index is 12.4. The molecule has 3 aromatic rings. The van der Waals surface area contributed by atoms with Gasteiger partial charge in [0, 0.05) is 21.5 Å². The van der Waals surface area contributed by atoms with Crippen molar-refractivity contribution in [1.29, 1.82) is 0 Å². The second-order valence-electron chi connectivity index (χ2n) is 6.61. The Kier molecular flexibility index (Phi) is 5.97. The molecule has 0 saturated heterocycles. The minimum Gasteiger partial charge on any atom is -0.493 e. The minimum absolute atomic E-state index is 0.107. The Labute approximate surface area is 182 Å². The number of furan rings is 1. The number of thioether (sulfide) groups is 1. The smallest absolute Gasteiger partial charge is 0.253 e. The van der Waals surface area contributed by atoms with Crippen molar-refractivity contribution >= 4 is 29.1 Å². The van der Waals surface area contributed by atoms with Gasteiger partial charge in [-0.2, -0.15) is 0 Å². The molecule has 0 aliphatic carbocycles. The molecule has 0 bridgehead atoms. The number of aliphatic imine (C=N–C) groups is 1. The minimum atomic E-state index is -0.738. The van der Waals surface area contributed by atoms with E-state index in [4.69, 9.17) is 24.4 Å². The van der Waals surface area contributed by atoms with E-state index >= 15 is 0 Å². The van der Waals surface area contributed by atoms with E-state index in [1.54, 1.807) is 24.1 Å². The molecular weight excluding hydrogens is 416 g/mol. The van der Waals surface area contributed by atoms with Gasteiger partial charge in [-0.1, -0.05) is 12.1 Å². The summed E-state index contributed by atoms with van der Waals surface area (Å²) >= 11 is 1.63. The topological polar surface area (TPSA) is 110 Å². The maximum Gasteiger partial charge on any atom is 0.253 e. The van der Waals surface area contributed by atoms with Crippen LogP contribution in [0.4, 0.5) is 5.69 Å². The number of nitrogens with zero attached hydrogens (tertiary/aromatic N) is 4. The molecule has 1 aliphatic rings. The summed E-state index contributed by atoms with van der Waals surface area (Å²) in [6, 6.07) is 15.1. The predicted octanol–water partition coefficient (Wildman–Crippen LogP) is 6.11. The van der Waals surface area contributed by atoms with Gasteiger partial charge < -0.3 is 13.9 Å². The first-order chi connectivity index (χ1) is 15.1. The van der Waals surface area contributed by atoms with E-state index in [1.807, 2.05) is 42.5 Å². The van der Waals surface area contributed by atoms with Gasteiger partial charge in [0.15, 0.2) is 11.5 Å². The highest BCUT2D eigenvalue weighted by Crippen LogP contribution is 2.47. The number of amides is 1. The van der Waals surface area contributed by atoms with Gasteiger partial charge >= 0.3 is 0 Å². The molecular formula is C22H18N4O4S. The number of hydrogen-bond acceptors (Lipinski definition) is 6. The van der Waals surface area contributed by atoms with E-state index in [-0.39, 0.29) is 16.6 Å². The zero-order valence-corrected chi connectivity index (χ0v) is 17.6. The van der Waals surface area contributed by atoms with Crippen molar-refractivity contribution in [3.63, 3.8) is 0 Å². The van der Waals surface area contributed by atoms with Crippen LogP contribution in [0.25, 0.3) is 10.4 Å². The SMILES string of the molecule is COc1cc(C2CC(c3ccco3)=Nc3ccccc3S2)cc(C(=O)N=[N+]=[N-])c1OC. The normalized spacial score (nSPS) is 15.2. The highest BCUT2D eigenvalue weighted by atomic mass is 32.2. The number of rotatable bonds is 5. The number of carbonyl (C=O) groups is 1. The number of ether oxygens (including phenoxy) is 2. The first-order valence-corrected chi connectivity index (χ1v) is 10.2. The van der Waals surface area contributed by atoms with Crippen molar-refractivity contribution in [3.8, 4) is 11.5 Å². The molecule has 0 radical (unpaired) electrons. The highest BCUT2D eigenvalue weighted by Gasteiger charge is 2.27. The van der Waals surface area contributed by atoms with Crippen molar-refractivity contribution < 1.29 is 18.7 Å². The molecule has 1 unspecified atom stereocenters. The number of para-hydroxylation sites is 1. The molecule has 0 saturated carbocycles. The van der Waals surface area contributed by atoms with Crippen LogP contribution >= 0.6 is 11.8 Å². The third-order valence-electron chi connectivity index (χ3n) is 4.81. The summed E-state index contributed by atoms with van der Waals surface area (Å²) < 4.78 is 16.4. The summed E-state index contributed by atoms with van der Waals surface area (Å²) in [7, 11) is 2.93. The van der Waals surface area contributed by atoms with E-state index in [0.29, 0.717) is 17.9 Å². The predicted molar refractivity (Wildman–Crippen MR) is 118 cm³/mol. The highest BCUT2D eigenvalue weighted by molar-refractivity contribution is 7.99. The molecule has 0 spiro atoms. The van der Waals surface area contributed by atoms with Gasteiger partial charge in [0.05, 0.1) is 37.4 Å². The van der Waals surface area contributed by atoms with Crippen LogP contribution in [0, 0.1) is 0 Å². The van der Waals surface area contributed by atoms with Crippen molar-refractivity contribution in [1.82, 2.24) is 0 Å². The monoisotopic (exact) mass is 434 g/mol. The lowest BCUT2D eigenvalue weighted by Gasteiger charge is -2.19. The summed E-state index contributed by atoms with van der Waals surface area (Å²) in [5.74, 6) is 0.556. The summed E-state index contributed by atoms with van der Waals surface area (Å²) in [5, 5.41) is 3.13. The Morgan fingerprint density at radius 1 is 1.23 bits per heavy atom. The molecule has 4 rings (SSSR count). The summed E-state index contributed by atoms with van der Waals surface area (Å²) in [5.41, 5.74) is 11.3. The van der Waals surface area contributed by atoms with Gasteiger partial charge in [-0.3, -0.25) is 4.79 Å². The first-order valence-electron chi connectivity index (χ1n) is 9.37. The largest absolute Gasteiger partial charge is 0.493 e. The van der Waals surface area contributed by atoms with Crippen molar-refractivity contribution in [2.24, 2.45) is 10.1 Å². The Hall–Kier alpha value is -3.68. The molecule has 1 atom stereocenters. The summed E-state index contributed by atoms with van der Waals surface area (Å²) in [6.45, 7) is 0. The molecule has 8 nitrogen and oxygen atoms in total. The Balaban J connectivity index is 1.85. The number of fused-ring (bicyclic) bond motifs is 1. The zero-order chi connectivity index (χ0) is 21.8. The lowest BCUT2D eigenvalue weighted by Crippen LogP contribution is -2.07. The quantitative estimate of drug-likeness (QED) is 0.273. The van der Waals surface area contributed by atoms with Gasteiger partial charge in [0.25, 0.3) is 5.91 Å². The molecule has 156 valence electrons. The van der Waals surface area contributed by atoms with E-state index in [9.17, 15) is 4.79 Å². The zero-order valence-electron chi connectivity index (χ0n) is 16.8. The van der Waals surface area contributed by atoms with Crippen molar-refractivity contribution in [2.45, 2.75) is 16.6 Å². The second kappa shape index (κ2) is 8.99. The van der Waals surface area contributed by atoms with Crippen LogP contribution in [0.5, 0.6) is 11.5 Å². The number of azide groups is 1. The van der Waals surface area contributed by atoms with Gasteiger partial charge in [0.2, 0.25) is 0 Å². The number of methoxy groups -OCH3 is 2.